The van der Waals surface area contributed by atoms with Crippen molar-refractivity contribution in [3.05, 3.63) is 65.2 Å². The molecule has 1 aliphatic heterocycles. The highest BCUT2D eigenvalue weighted by atomic mass is 15.3. The SMILES string of the molecule is CN(C)c1ccc(/C=C2\CCC[C@@H]3C2=NN[C@H]3c2ccc(N(C)C)cc2)cc1. The van der Waals surface area contributed by atoms with Crippen molar-refractivity contribution in [3.8, 4) is 0 Å². The first kappa shape index (κ1) is 18.6. The predicted octanol–water partition coefficient (Wildman–Crippen LogP) is 4.70. The lowest BCUT2D eigenvalue weighted by atomic mass is 9.78. The Morgan fingerprint density at radius 2 is 1.50 bits per heavy atom. The van der Waals surface area contributed by atoms with E-state index in [0.29, 0.717) is 5.92 Å². The monoisotopic (exact) mass is 374 g/mol. The maximum absolute atomic E-state index is 4.78. The zero-order valence-electron chi connectivity index (χ0n) is 17.3. The van der Waals surface area contributed by atoms with Gasteiger partial charge in [0.2, 0.25) is 0 Å². The summed E-state index contributed by atoms with van der Waals surface area (Å²) in [5.74, 6) is 0.464. The van der Waals surface area contributed by atoms with Gasteiger partial charge in [0.15, 0.2) is 0 Å². The fourth-order valence-electron chi connectivity index (χ4n) is 4.23. The van der Waals surface area contributed by atoms with Gasteiger partial charge in [-0.1, -0.05) is 24.3 Å². The number of benzene rings is 2. The zero-order valence-corrected chi connectivity index (χ0v) is 17.3. The van der Waals surface area contributed by atoms with Crippen molar-refractivity contribution < 1.29 is 0 Å². The molecule has 0 saturated heterocycles. The number of nitrogens with one attached hydrogen (secondary N) is 1. The van der Waals surface area contributed by atoms with E-state index in [1.54, 1.807) is 0 Å². The number of rotatable bonds is 4. The average molecular weight is 375 g/mol. The van der Waals surface area contributed by atoms with E-state index in [1.165, 1.54) is 46.6 Å². The Hall–Kier alpha value is -2.75. The smallest absolute Gasteiger partial charge is 0.0774 e. The second-order valence-electron chi connectivity index (χ2n) is 8.24. The number of fused-ring (bicyclic) bond motifs is 1. The summed E-state index contributed by atoms with van der Waals surface area (Å²) in [4.78, 5) is 4.27. The topological polar surface area (TPSA) is 30.9 Å². The molecular weight excluding hydrogens is 344 g/mol. The summed E-state index contributed by atoms with van der Waals surface area (Å²) in [5, 5.41) is 4.78. The van der Waals surface area contributed by atoms with Crippen molar-refractivity contribution in [3.63, 3.8) is 0 Å². The number of hydrogen-bond donors (Lipinski definition) is 1. The van der Waals surface area contributed by atoms with Crippen LogP contribution >= 0.6 is 0 Å². The second-order valence-corrected chi connectivity index (χ2v) is 8.24. The van der Waals surface area contributed by atoms with Gasteiger partial charge in [-0.2, -0.15) is 5.10 Å². The van der Waals surface area contributed by atoms with E-state index in [2.05, 4.69) is 98.0 Å². The van der Waals surface area contributed by atoms with Crippen LogP contribution in [0.4, 0.5) is 11.4 Å². The highest BCUT2D eigenvalue weighted by molar-refractivity contribution is 6.07. The molecule has 1 aliphatic carbocycles. The molecule has 0 aromatic heterocycles. The lowest BCUT2D eigenvalue weighted by molar-refractivity contribution is 0.451. The van der Waals surface area contributed by atoms with Gasteiger partial charge in [-0.05, 0) is 66.3 Å². The number of anilines is 2. The van der Waals surface area contributed by atoms with E-state index < -0.39 is 0 Å². The lowest BCUT2D eigenvalue weighted by Gasteiger charge is -2.26. The fourth-order valence-corrected chi connectivity index (χ4v) is 4.23. The molecule has 2 aliphatic rings. The van der Waals surface area contributed by atoms with Gasteiger partial charge in [-0.3, -0.25) is 0 Å². The Balaban J connectivity index is 1.54. The third-order valence-electron chi connectivity index (χ3n) is 5.89. The maximum atomic E-state index is 4.78. The van der Waals surface area contributed by atoms with Crippen molar-refractivity contribution in [2.24, 2.45) is 11.0 Å². The molecule has 28 heavy (non-hydrogen) atoms. The summed E-state index contributed by atoms with van der Waals surface area (Å²) in [6, 6.07) is 17.9. The van der Waals surface area contributed by atoms with Gasteiger partial charge in [0, 0.05) is 45.5 Å². The van der Waals surface area contributed by atoms with Gasteiger partial charge < -0.3 is 15.2 Å². The van der Waals surface area contributed by atoms with Gasteiger partial charge in [-0.15, -0.1) is 0 Å². The lowest BCUT2D eigenvalue weighted by Crippen LogP contribution is -2.25. The first-order valence-corrected chi connectivity index (χ1v) is 10.1. The largest absolute Gasteiger partial charge is 0.378 e. The van der Waals surface area contributed by atoms with Crippen molar-refractivity contribution in [2.75, 3.05) is 38.0 Å². The number of nitrogens with zero attached hydrogens (tertiary/aromatic N) is 3. The van der Waals surface area contributed by atoms with E-state index in [1.807, 2.05) is 0 Å². The van der Waals surface area contributed by atoms with Crippen molar-refractivity contribution in [2.45, 2.75) is 25.3 Å². The van der Waals surface area contributed by atoms with Crippen LogP contribution in [0.1, 0.15) is 36.4 Å². The van der Waals surface area contributed by atoms with Gasteiger partial charge in [-0.25, -0.2) is 0 Å². The highest BCUT2D eigenvalue weighted by Crippen LogP contribution is 2.39. The Bertz CT molecular complexity index is 876. The van der Waals surface area contributed by atoms with Crippen molar-refractivity contribution >= 4 is 23.2 Å². The normalized spacial score (nSPS) is 22.4. The third kappa shape index (κ3) is 3.64. The highest BCUT2D eigenvalue weighted by Gasteiger charge is 2.36. The molecule has 1 N–H and O–H groups in total. The molecular formula is C24H30N4. The minimum absolute atomic E-state index is 0.283. The minimum atomic E-state index is 0.283. The van der Waals surface area contributed by atoms with Gasteiger partial charge in [0.25, 0.3) is 0 Å². The molecule has 4 heteroatoms. The van der Waals surface area contributed by atoms with E-state index in [0.717, 1.165) is 6.42 Å². The average Bonchev–Trinajstić information content (AvgIpc) is 3.13. The molecule has 4 nitrogen and oxygen atoms in total. The Morgan fingerprint density at radius 1 is 0.893 bits per heavy atom. The molecule has 0 unspecified atom stereocenters. The molecule has 0 bridgehead atoms. The van der Waals surface area contributed by atoms with E-state index in [9.17, 15) is 0 Å². The molecule has 4 rings (SSSR count). The maximum Gasteiger partial charge on any atom is 0.0774 e. The van der Waals surface area contributed by atoms with E-state index >= 15 is 0 Å². The summed E-state index contributed by atoms with van der Waals surface area (Å²) in [6.07, 6.45) is 5.85. The Labute approximate surface area is 168 Å². The predicted molar refractivity (Wildman–Crippen MR) is 120 cm³/mol. The molecule has 2 atom stereocenters. The zero-order chi connectivity index (χ0) is 19.7. The summed E-state index contributed by atoms with van der Waals surface area (Å²) < 4.78 is 0. The summed E-state index contributed by atoms with van der Waals surface area (Å²) in [6.45, 7) is 0. The Morgan fingerprint density at radius 3 is 2.11 bits per heavy atom. The van der Waals surface area contributed by atoms with E-state index in [-0.39, 0.29) is 6.04 Å². The van der Waals surface area contributed by atoms with Crippen molar-refractivity contribution in [1.82, 2.24) is 5.43 Å². The quantitative estimate of drug-likeness (QED) is 0.841. The summed E-state index contributed by atoms with van der Waals surface area (Å²) in [5.41, 5.74) is 11.1. The van der Waals surface area contributed by atoms with Crippen LogP contribution in [-0.4, -0.2) is 33.9 Å². The summed E-state index contributed by atoms with van der Waals surface area (Å²) >= 11 is 0. The molecule has 1 heterocycles. The van der Waals surface area contributed by atoms with Crippen molar-refractivity contribution in [1.29, 1.82) is 0 Å². The van der Waals surface area contributed by atoms with Gasteiger partial charge >= 0.3 is 0 Å². The van der Waals surface area contributed by atoms with Crippen LogP contribution in [0, 0.1) is 5.92 Å². The van der Waals surface area contributed by atoms with Gasteiger partial charge in [0.1, 0.15) is 0 Å². The number of hydrogen-bond acceptors (Lipinski definition) is 4. The molecule has 0 spiro atoms. The molecule has 2 aromatic carbocycles. The van der Waals surface area contributed by atoms with Crippen LogP contribution in [0.3, 0.4) is 0 Å². The molecule has 2 aromatic rings. The molecule has 1 fully saturated rings. The van der Waals surface area contributed by atoms with Crippen LogP contribution in [0.15, 0.2) is 59.2 Å². The van der Waals surface area contributed by atoms with Crippen LogP contribution in [-0.2, 0) is 0 Å². The second kappa shape index (κ2) is 7.70. The first-order chi connectivity index (χ1) is 13.5. The standard InChI is InChI=1S/C24H30N4/c1-27(2)20-12-8-17(9-13-20)16-19-6-5-7-22-23(25-26-24(19)22)18-10-14-21(15-11-18)28(3)4/h8-16,22-23,25H,5-7H2,1-4H3/b19-16+/t22-,23-/m0/s1. The summed E-state index contributed by atoms with van der Waals surface area (Å²) in [7, 11) is 8.30. The Kier molecular flexibility index (Phi) is 5.12. The molecule has 0 radical (unpaired) electrons. The van der Waals surface area contributed by atoms with Crippen LogP contribution < -0.4 is 15.2 Å². The fraction of sp³-hybridized carbons (Fsp3) is 0.375. The number of hydrazone groups is 1. The van der Waals surface area contributed by atoms with Crippen LogP contribution in [0.25, 0.3) is 6.08 Å². The first-order valence-electron chi connectivity index (χ1n) is 10.1. The van der Waals surface area contributed by atoms with E-state index in [4.69, 9.17) is 5.10 Å². The third-order valence-corrected chi connectivity index (χ3v) is 5.89. The van der Waals surface area contributed by atoms with Gasteiger partial charge in [0.05, 0.1) is 11.8 Å². The molecule has 146 valence electrons. The molecule has 1 saturated carbocycles. The number of allylic oxidation sites excluding steroid dienone is 1. The van der Waals surface area contributed by atoms with Crippen LogP contribution in [0.2, 0.25) is 0 Å². The minimum Gasteiger partial charge on any atom is -0.378 e. The molecule has 0 amide bonds. The van der Waals surface area contributed by atoms with Crippen LogP contribution in [0.5, 0.6) is 0 Å².